The van der Waals surface area contributed by atoms with Crippen LogP contribution in [0, 0.1) is 0 Å². The summed E-state index contributed by atoms with van der Waals surface area (Å²) in [4.78, 5) is 35.6. The minimum atomic E-state index is -0.629. The maximum Gasteiger partial charge on any atom is 0.329 e. The summed E-state index contributed by atoms with van der Waals surface area (Å²) >= 11 is 1.31. The number of amides is 2. The van der Waals surface area contributed by atoms with Gasteiger partial charge in [0.1, 0.15) is 6.04 Å². The molecule has 124 valence electrons. The number of thioether (sulfide) groups is 1. The van der Waals surface area contributed by atoms with Gasteiger partial charge in [-0.15, -0.1) is 11.8 Å². The molecule has 1 fully saturated rings. The second kappa shape index (κ2) is 8.57. The minimum Gasteiger partial charge on any atom is -0.464 e. The van der Waals surface area contributed by atoms with Crippen LogP contribution >= 0.6 is 11.8 Å². The van der Waals surface area contributed by atoms with Crippen LogP contribution in [0.25, 0.3) is 0 Å². The number of rotatable bonds is 6. The van der Waals surface area contributed by atoms with E-state index in [4.69, 9.17) is 4.74 Å². The van der Waals surface area contributed by atoms with Gasteiger partial charge in [-0.2, -0.15) is 0 Å². The van der Waals surface area contributed by atoms with Crippen molar-refractivity contribution in [1.82, 2.24) is 10.6 Å². The molecule has 0 unspecified atom stereocenters. The molecule has 2 N–H and O–H groups in total. The van der Waals surface area contributed by atoms with Crippen molar-refractivity contribution in [2.45, 2.75) is 31.2 Å². The molecule has 1 heterocycles. The van der Waals surface area contributed by atoms with Crippen molar-refractivity contribution >= 4 is 29.5 Å². The van der Waals surface area contributed by atoms with E-state index in [2.05, 4.69) is 10.6 Å². The van der Waals surface area contributed by atoms with Gasteiger partial charge in [-0.25, -0.2) is 4.79 Å². The Hall–Kier alpha value is -2.02. The second-order valence-electron chi connectivity index (χ2n) is 5.10. The van der Waals surface area contributed by atoms with E-state index in [-0.39, 0.29) is 24.8 Å². The smallest absolute Gasteiger partial charge is 0.329 e. The molecule has 0 aromatic heterocycles. The third-order valence-corrected chi connectivity index (χ3v) is 4.66. The van der Waals surface area contributed by atoms with Gasteiger partial charge < -0.3 is 15.4 Å². The van der Waals surface area contributed by atoms with Crippen molar-refractivity contribution in [2.75, 3.05) is 12.4 Å². The van der Waals surface area contributed by atoms with Gasteiger partial charge in [0.2, 0.25) is 11.8 Å². The first-order valence-corrected chi connectivity index (χ1v) is 8.54. The van der Waals surface area contributed by atoms with Crippen LogP contribution < -0.4 is 10.6 Å². The largest absolute Gasteiger partial charge is 0.464 e. The zero-order valence-electron chi connectivity index (χ0n) is 12.9. The number of ether oxygens (including phenoxy) is 1. The number of benzene rings is 1. The highest BCUT2D eigenvalue weighted by atomic mass is 32.2. The fourth-order valence-corrected chi connectivity index (χ4v) is 3.29. The van der Waals surface area contributed by atoms with Crippen LogP contribution in [0.2, 0.25) is 0 Å². The predicted molar refractivity (Wildman–Crippen MR) is 87.7 cm³/mol. The molecular formula is C16H20N2O4S. The van der Waals surface area contributed by atoms with Crippen molar-refractivity contribution < 1.29 is 19.1 Å². The molecule has 1 aliphatic heterocycles. The normalized spacial score (nSPS) is 20.5. The lowest BCUT2D eigenvalue weighted by Crippen LogP contribution is -2.52. The third-order valence-electron chi connectivity index (χ3n) is 3.35. The number of esters is 1. The fourth-order valence-electron chi connectivity index (χ4n) is 2.15. The lowest BCUT2D eigenvalue weighted by molar-refractivity contribution is -0.146. The van der Waals surface area contributed by atoms with Gasteiger partial charge >= 0.3 is 5.97 Å². The highest BCUT2D eigenvalue weighted by molar-refractivity contribution is 8.00. The second-order valence-corrected chi connectivity index (χ2v) is 6.34. The molecule has 0 bridgehead atoms. The van der Waals surface area contributed by atoms with E-state index >= 15 is 0 Å². The van der Waals surface area contributed by atoms with Gasteiger partial charge in [0.05, 0.1) is 11.9 Å². The number of hydrogen-bond acceptors (Lipinski definition) is 5. The lowest BCUT2D eigenvalue weighted by Gasteiger charge is -2.27. The number of hydrogen-bond donors (Lipinski definition) is 2. The Morgan fingerprint density at radius 1 is 1.35 bits per heavy atom. The summed E-state index contributed by atoms with van der Waals surface area (Å²) in [5, 5.41) is 4.94. The average Bonchev–Trinajstić information content (AvgIpc) is 2.56. The molecular weight excluding hydrogens is 316 g/mol. The molecule has 0 aliphatic carbocycles. The molecule has 2 atom stereocenters. The Balaban J connectivity index is 1.76. The summed E-state index contributed by atoms with van der Waals surface area (Å²) in [6, 6.07) is 8.94. The molecule has 2 amide bonds. The Morgan fingerprint density at radius 2 is 2.09 bits per heavy atom. The first-order chi connectivity index (χ1) is 11.1. The van der Waals surface area contributed by atoms with E-state index in [0.717, 1.165) is 5.56 Å². The molecule has 0 radical (unpaired) electrons. The maximum atomic E-state index is 12.0. The summed E-state index contributed by atoms with van der Waals surface area (Å²) in [5.41, 5.74) is 1.00. The summed E-state index contributed by atoms with van der Waals surface area (Å²) < 4.78 is 4.89. The molecule has 1 aromatic carbocycles. The molecule has 23 heavy (non-hydrogen) atoms. The van der Waals surface area contributed by atoms with Crippen molar-refractivity contribution in [3.63, 3.8) is 0 Å². The SMILES string of the molecule is CCOC(=O)[C@@H]1CS[C@@H](CC(=O)NCc2ccccc2)C(=O)N1. The van der Waals surface area contributed by atoms with Gasteiger partial charge in [0.25, 0.3) is 0 Å². The molecule has 1 aromatic rings. The van der Waals surface area contributed by atoms with E-state index < -0.39 is 17.3 Å². The van der Waals surface area contributed by atoms with Crippen LogP contribution in [0.5, 0.6) is 0 Å². The number of nitrogens with one attached hydrogen (secondary N) is 2. The molecule has 6 nitrogen and oxygen atoms in total. The topological polar surface area (TPSA) is 84.5 Å². The minimum absolute atomic E-state index is 0.0961. The van der Waals surface area contributed by atoms with Gasteiger partial charge in [0.15, 0.2) is 0 Å². The highest BCUT2D eigenvalue weighted by Crippen LogP contribution is 2.21. The molecule has 0 saturated carbocycles. The zero-order valence-corrected chi connectivity index (χ0v) is 13.7. The third kappa shape index (κ3) is 5.28. The van der Waals surface area contributed by atoms with Gasteiger partial charge in [0, 0.05) is 18.7 Å². The van der Waals surface area contributed by atoms with E-state index in [9.17, 15) is 14.4 Å². The quantitative estimate of drug-likeness (QED) is 0.753. The summed E-state index contributed by atoms with van der Waals surface area (Å²) in [7, 11) is 0. The van der Waals surface area contributed by atoms with Crippen molar-refractivity contribution in [2.24, 2.45) is 0 Å². The van der Waals surface area contributed by atoms with Crippen molar-refractivity contribution in [3.8, 4) is 0 Å². The number of carbonyl (C=O) groups is 3. The molecule has 2 rings (SSSR count). The van der Waals surface area contributed by atoms with Crippen LogP contribution in [-0.2, 0) is 25.7 Å². The first kappa shape index (κ1) is 17.3. The zero-order chi connectivity index (χ0) is 16.7. The Morgan fingerprint density at radius 3 is 2.74 bits per heavy atom. The molecule has 0 spiro atoms. The van der Waals surface area contributed by atoms with Crippen LogP contribution in [0.3, 0.4) is 0 Å². The lowest BCUT2D eigenvalue weighted by atomic mass is 10.2. The number of carbonyl (C=O) groups excluding carboxylic acids is 3. The maximum absolute atomic E-state index is 12.0. The van der Waals surface area contributed by atoms with Crippen molar-refractivity contribution in [1.29, 1.82) is 0 Å². The van der Waals surface area contributed by atoms with Crippen LogP contribution in [0.1, 0.15) is 18.9 Å². The summed E-state index contributed by atoms with van der Waals surface area (Å²) in [6.45, 7) is 2.43. The Labute approximate surface area is 139 Å². The van der Waals surface area contributed by atoms with Gasteiger partial charge in [-0.1, -0.05) is 30.3 Å². The Bertz CT molecular complexity index is 564. The average molecular weight is 336 g/mol. The van der Waals surface area contributed by atoms with Gasteiger partial charge in [-0.3, -0.25) is 9.59 Å². The van der Waals surface area contributed by atoms with Crippen molar-refractivity contribution in [3.05, 3.63) is 35.9 Å². The van der Waals surface area contributed by atoms with Gasteiger partial charge in [-0.05, 0) is 12.5 Å². The monoisotopic (exact) mass is 336 g/mol. The molecule has 1 aliphatic rings. The first-order valence-electron chi connectivity index (χ1n) is 7.49. The van der Waals surface area contributed by atoms with E-state index in [0.29, 0.717) is 12.3 Å². The van der Waals surface area contributed by atoms with E-state index in [1.807, 2.05) is 30.3 Å². The molecule has 7 heteroatoms. The highest BCUT2D eigenvalue weighted by Gasteiger charge is 2.34. The van der Waals surface area contributed by atoms with Crippen LogP contribution in [0.15, 0.2) is 30.3 Å². The summed E-state index contributed by atoms with van der Waals surface area (Å²) in [5.74, 6) is -0.494. The predicted octanol–water partition coefficient (Wildman–Crippen LogP) is 0.856. The van der Waals surface area contributed by atoms with E-state index in [1.54, 1.807) is 6.92 Å². The summed E-state index contributed by atoms with van der Waals surface area (Å²) in [6.07, 6.45) is 0.0961. The molecule has 1 saturated heterocycles. The van der Waals surface area contributed by atoms with Crippen LogP contribution in [-0.4, -0.2) is 41.4 Å². The van der Waals surface area contributed by atoms with E-state index in [1.165, 1.54) is 11.8 Å². The fraction of sp³-hybridized carbons (Fsp3) is 0.438. The standard InChI is InChI=1S/C16H20N2O4S/c1-2-22-16(21)12-10-23-13(15(20)18-12)8-14(19)17-9-11-6-4-3-5-7-11/h3-7,12-13H,2,8-10H2,1H3,(H,17,19)(H,18,20)/t12-,13-/m0/s1. The Kier molecular flexibility index (Phi) is 6.46. The van der Waals surface area contributed by atoms with Crippen LogP contribution in [0.4, 0.5) is 0 Å².